The first-order valence-corrected chi connectivity index (χ1v) is 7.04. The Labute approximate surface area is 98.3 Å². The molecule has 15 heavy (non-hydrogen) atoms. The first kappa shape index (κ1) is 12.9. The molecule has 1 heterocycles. The van der Waals surface area contributed by atoms with Gasteiger partial charge in [0.05, 0.1) is 0 Å². The van der Waals surface area contributed by atoms with E-state index in [1.807, 2.05) is 11.8 Å². The van der Waals surface area contributed by atoms with Crippen LogP contribution < -0.4 is 5.32 Å². The number of hydrogen-bond acceptors (Lipinski definition) is 3. The van der Waals surface area contributed by atoms with Gasteiger partial charge in [0, 0.05) is 18.3 Å². The molecule has 1 aliphatic heterocycles. The SMILES string of the molecule is CCC(C)CC(C)NC1=NCC(C)CS1. The van der Waals surface area contributed by atoms with E-state index in [0.29, 0.717) is 6.04 Å². The third-order valence-electron chi connectivity index (χ3n) is 2.87. The van der Waals surface area contributed by atoms with Gasteiger partial charge in [-0.25, -0.2) is 0 Å². The van der Waals surface area contributed by atoms with Crippen LogP contribution in [0, 0.1) is 11.8 Å². The maximum Gasteiger partial charge on any atom is 0.156 e. The standard InChI is InChI=1S/C12H24N2S/c1-5-9(2)6-11(4)14-12-13-7-10(3)8-15-12/h9-11H,5-8H2,1-4H3,(H,13,14). The van der Waals surface area contributed by atoms with Gasteiger partial charge in [-0.05, 0) is 25.2 Å². The molecule has 3 heteroatoms. The van der Waals surface area contributed by atoms with Gasteiger partial charge >= 0.3 is 0 Å². The third kappa shape index (κ3) is 4.92. The van der Waals surface area contributed by atoms with E-state index in [2.05, 4.69) is 38.0 Å². The minimum Gasteiger partial charge on any atom is -0.362 e. The zero-order valence-corrected chi connectivity index (χ0v) is 11.2. The van der Waals surface area contributed by atoms with Crippen molar-refractivity contribution in [2.45, 2.75) is 46.6 Å². The summed E-state index contributed by atoms with van der Waals surface area (Å²) in [4.78, 5) is 4.55. The molecule has 88 valence electrons. The number of thioether (sulfide) groups is 1. The lowest BCUT2D eigenvalue weighted by atomic mass is 10.0. The summed E-state index contributed by atoms with van der Waals surface area (Å²) in [5.41, 5.74) is 0. The minimum absolute atomic E-state index is 0.555. The summed E-state index contributed by atoms with van der Waals surface area (Å²) >= 11 is 1.87. The summed E-state index contributed by atoms with van der Waals surface area (Å²) < 4.78 is 0. The molecule has 1 N–H and O–H groups in total. The summed E-state index contributed by atoms with van der Waals surface area (Å²) in [6.45, 7) is 10.1. The van der Waals surface area contributed by atoms with Crippen LogP contribution in [0.25, 0.3) is 0 Å². The predicted octanol–water partition coefficient (Wildman–Crippen LogP) is 3.14. The lowest BCUT2D eigenvalue weighted by molar-refractivity contribution is 0.449. The molecule has 1 rings (SSSR count). The molecule has 1 aliphatic rings. The monoisotopic (exact) mass is 228 g/mol. The van der Waals surface area contributed by atoms with Crippen molar-refractivity contribution in [1.29, 1.82) is 0 Å². The van der Waals surface area contributed by atoms with Crippen LogP contribution in [0.15, 0.2) is 4.99 Å². The fraction of sp³-hybridized carbons (Fsp3) is 0.917. The zero-order chi connectivity index (χ0) is 11.3. The van der Waals surface area contributed by atoms with E-state index in [4.69, 9.17) is 0 Å². The van der Waals surface area contributed by atoms with Gasteiger partial charge in [-0.1, -0.05) is 39.0 Å². The first-order chi connectivity index (χ1) is 7.11. The molecule has 0 aromatic heterocycles. The Morgan fingerprint density at radius 3 is 2.80 bits per heavy atom. The second-order valence-corrected chi connectivity index (χ2v) is 5.87. The Morgan fingerprint density at radius 2 is 2.27 bits per heavy atom. The summed E-state index contributed by atoms with van der Waals surface area (Å²) in [5, 5.41) is 4.67. The van der Waals surface area contributed by atoms with Crippen molar-refractivity contribution in [1.82, 2.24) is 5.32 Å². The Bertz CT molecular complexity index is 216. The third-order valence-corrected chi connectivity index (χ3v) is 4.13. The van der Waals surface area contributed by atoms with Crippen molar-refractivity contribution in [3.05, 3.63) is 0 Å². The number of nitrogens with one attached hydrogen (secondary N) is 1. The molecule has 0 fully saturated rings. The molecule has 3 atom stereocenters. The summed E-state index contributed by atoms with van der Waals surface area (Å²) in [5.74, 6) is 2.76. The van der Waals surface area contributed by atoms with Gasteiger partial charge in [-0.2, -0.15) is 0 Å². The van der Waals surface area contributed by atoms with Crippen LogP contribution in [0.2, 0.25) is 0 Å². The molecule has 0 aromatic rings. The lowest BCUT2D eigenvalue weighted by Crippen LogP contribution is -2.34. The molecular weight excluding hydrogens is 204 g/mol. The van der Waals surface area contributed by atoms with E-state index >= 15 is 0 Å². The lowest BCUT2D eigenvalue weighted by Gasteiger charge is -2.23. The van der Waals surface area contributed by atoms with Crippen molar-refractivity contribution in [2.24, 2.45) is 16.8 Å². The van der Waals surface area contributed by atoms with Crippen LogP contribution in [-0.4, -0.2) is 23.5 Å². The number of nitrogens with zero attached hydrogens (tertiary/aromatic N) is 1. The molecule has 0 radical (unpaired) electrons. The van der Waals surface area contributed by atoms with Crippen molar-refractivity contribution < 1.29 is 0 Å². The average molecular weight is 228 g/mol. The topological polar surface area (TPSA) is 24.4 Å². The van der Waals surface area contributed by atoms with Gasteiger partial charge in [-0.3, -0.25) is 4.99 Å². The predicted molar refractivity (Wildman–Crippen MR) is 70.6 cm³/mol. The van der Waals surface area contributed by atoms with Crippen LogP contribution in [-0.2, 0) is 0 Å². The maximum absolute atomic E-state index is 4.55. The van der Waals surface area contributed by atoms with Gasteiger partial charge in [0.2, 0.25) is 0 Å². The minimum atomic E-state index is 0.555. The van der Waals surface area contributed by atoms with E-state index in [0.717, 1.165) is 23.5 Å². The fourth-order valence-electron chi connectivity index (χ4n) is 1.69. The van der Waals surface area contributed by atoms with Crippen LogP contribution in [0.4, 0.5) is 0 Å². The van der Waals surface area contributed by atoms with Crippen LogP contribution in [0.3, 0.4) is 0 Å². The normalized spacial score (nSPS) is 25.6. The first-order valence-electron chi connectivity index (χ1n) is 6.05. The van der Waals surface area contributed by atoms with Gasteiger partial charge in [0.1, 0.15) is 0 Å². The average Bonchev–Trinajstić information content (AvgIpc) is 2.21. The molecule has 0 aliphatic carbocycles. The molecule has 0 bridgehead atoms. The van der Waals surface area contributed by atoms with Crippen LogP contribution in [0.5, 0.6) is 0 Å². The number of aliphatic imine (C=N–C) groups is 1. The van der Waals surface area contributed by atoms with Crippen molar-refractivity contribution in [2.75, 3.05) is 12.3 Å². The molecular formula is C12H24N2S. The van der Waals surface area contributed by atoms with E-state index in [9.17, 15) is 0 Å². The van der Waals surface area contributed by atoms with E-state index < -0.39 is 0 Å². The maximum atomic E-state index is 4.55. The molecule has 2 nitrogen and oxygen atoms in total. The number of amidine groups is 1. The second kappa shape index (κ2) is 6.41. The molecule has 3 unspecified atom stereocenters. The van der Waals surface area contributed by atoms with Crippen molar-refractivity contribution >= 4 is 16.9 Å². The highest BCUT2D eigenvalue weighted by Gasteiger charge is 2.14. The smallest absolute Gasteiger partial charge is 0.156 e. The van der Waals surface area contributed by atoms with Gasteiger partial charge in [-0.15, -0.1) is 0 Å². The Balaban J connectivity index is 2.28. The number of rotatable bonds is 4. The second-order valence-electron chi connectivity index (χ2n) is 4.86. The highest BCUT2D eigenvalue weighted by Crippen LogP contribution is 2.17. The quantitative estimate of drug-likeness (QED) is 0.799. The summed E-state index contributed by atoms with van der Waals surface area (Å²) in [6, 6.07) is 0.555. The molecule has 0 amide bonds. The van der Waals surface area contributed by atoms with Crippen LogP contribution in [0.1, 0.15) is 40.5 Å². The highest BCUT2D eigenvalue weighted by molar-refractivity contribution is 8.13. The number of hydrogen-bond donors (Lipinski definition) is 1. The van der Waals surface area contributed by atoms with Gasteiger partial charge < -0.3 is 5.32 Å². The summed E-state index contributed by atoms with van der Waals surface area (Å²) in [7, 11) is 0. The molecule has 0 spiro atoms. The Hall–Kier alpha value is -0.180. The van der Waals surface area contributed by atoms with E-state index in [-0.39, 0.29) is 0 Å². The largest absolute Gasteiger partial charge is 0.362 e. The van der Waals surface area contributed by atoms with Gasteiger partial charge in [0.25, 0.3) is 0 Å². The molecule has 0 aromatic carbocycles. The molecule has 0 saturated carbocycles. The van der Waals surface area contributed by atoms with Crippen molar-refractivity contribution in [3.8, 4) is 0 Å². The fourth-order valence-corrected chi connectivity index (χ4v) is 2.68. The Morgan fingerprint density at radius 1 is 1.53 bits per heavy atom. The van der Waals surface area contributed by atoms with E-state index in [1.165, 1.54) is 18.6 Å². The summed E-state index contributed by atoms with van der Waals surface area (Å²) in [6.07, 6.45) is 2.51. The van der Waals surface area contributed by atoms with Crippen molar-refractivity contribution in [3.63, 3.8) is 0 Å². The van der Waals surface area contributed by atoms with Gasteiger partial charge in [0.15, 0.2) is 5.17 Å². The molecule has 0 saturated heterocycles. The zero-order valence-electron chi connectivity index (χ0n) is 10.4. The Kier molecular flexibility index (Phi) is 5.51. The van der Waals surface area contributed by atoms with Crippen LogP contribution >= 0.6 is 11.8 Å². The highest BCUT2D eigenvalue weighted by atomic mass is 32.2. The van der Waals surface area contributed by atoms with E-state index in [1.54, 1.807) is 0 Å².